The summed E-state index contributed by atoms with van der Waals surface area (Å²) in [6, 6.07) is 183. The Bertz CT molecular complexity index is 6700. The molecular weight excluding hydrogens is 1440 g/mol. The zero-order valence-corrected chi connectivity index (χ0v) is 66.3. The maximum atomic E-state index is 2.39. The minimum atomic E-state index is 1.13. The van der Waals surface area contributed by atoms with Crippen molar-refractivity contribution in [2.45, 2.75) is 0 Å². The first-order valence-electron chi connectivity index (χ1n) is 41.4. The van der Waals surface area contributed by atoms with Gasteiger partial charge in [-0.1, -0.05) is 388 Å². The normalized spacial score (nSPS) is 11.2. The largest absolute Gasteiger partial charge is 0.0622 e. The van der Waals surface area contributed by atoms with E-state index in [1.165, 1.54) is 83.5 Å². The average Bonchev–Trinajstić information content (AvgIpc) is 0.786. The van der Waals surface area contributed by atoms with Gasteiger partial charge in [0.1, 0.15) is 0 Å². The standard InChI is InChI=1S/C120H82/c1-6-25-83(26-7-1)88-53-59-91(60-54-88)96-37-18-46-105(67-96)114-74-112(103-44-16-35-94(65-103)86-31-12-4-13-32-86)76-117(78-114)108-49-21-40-99(70-108)101-42-23-51-110(72-101)119-80-116(107-48-20-39-98(69-107)93-63-57-90(58-64-93)85-29-10-3-11-30-85)81-120(82-119)111-52-24-43-102(73-111)100-41-22-50-109(71-100)118-77-113(104-45-17-36-95(66-104)87-33-14-5-15-34-87)75-115(79-118)106-47-19-38-97(68-106)92-61-55-89(56-62-92)84-27-8-2-9-28-84/h1-82H. The third kappa shape index (κ3) is 16.0. The summed E-state index contributed by atoms with van der Waals surface area (Å²) in [5, 5.41) is 0. The molecule has 0 heterocycles. The summed E-state index contributed by atoms with van der Waals surface area (Å²) < 4.78 is 0. The summed E-state index contributed by atoms with van der Waals surface area (Å²) >= 11 is 0. The van der Waals surface area contributed by atoms with Crippen LogP contribution in [0.5, 0.6) is 0 Å². The van der Waals surface area contributed by atoms with Crippen molar-refractivity contribution in [2.75, 3.05) is 0 Å². The Morgan fingerprint density at radius 3 is 0.258 bits per heavy atom. The number of rotatable bonds is 19. The molecule has 0 N–H and O–H groups in total. The van der Waals surface area contributed by atoms with Gasteiger partial charge in [-0.15, -0.1) is 0 Å². The molecule has 0 fully saturated rings. The highest BCUT2D eigenvalue weighted by Gasteiger charge is 2.18. The molecule has 120 heavy (non-hydrogen) atoms. The Morgan fingerprint density at radius 2 is 0.125 bits per heavy atom. The predicted molar refractivity (Wildman–Crippen MR) is 510 cm³/mol. The Morgan fingerprint density at radius 1 is 0.0500 bits per heavy atom. The monoisotopic (exact) mass is 1520 g/mol. The molecule has 0 amide bonds. The van der Waals surface area contributed by atoms with Gasteiger partial charge >= 0.3 is 0 Å². The maximum absolute atomic E-state index is 2.39. The second kappa shape index (κ2) is 33.3. The Kier molecular flexibility index (Phi) is 20.4. The first kappa shape index (κ1) is 73.3. The van der Waals surface area contributed by atoms with Gasteiger partial charge in [-0.2, -0.15) is 0 Å². The summed E-state index contributed by atoms with van der Waals surface area (Å²) in [6.45, 7) is 0. The lowest BCUT2D eigenvalue weighted by atomic mass is 9.89. The molecule has 0 saturated heterocycles. The van der Waals surface area contributed by atoms with E-state index in [0.717, 1.165) is 128 Å². The summed E-state index contributed by atoms with van der Waals surface area (Å²) in [4.78, 5) is 0. The van der Waals surface area contributed by atoms with Gasteiger partial charge in [0, 0.05) is 0 Å². The molecule has 0 aliphatic heterocycles. The molecule has 20 rings (SSSR count). The first-order chi connectivity index (χ1) is 59.4. The molecule has 20 aromatic rings. The number of hydrogen-bond donors (Lipinski definition) is 0. The van der Waals surface area contributed by atoms with Gasteiger partial charge < -0.3 is 0 Å². The van der Waals surface area contributed by atoms with E-state index >= 15 is 0 Å². The van der Waals surface area contributed by atoms with Gasteiger partial charge in [0.15, 0.2) is 0 Å². The van der Waals surface area contributed by atoms with Gasteiger partial charge in [0.05, 0.1) is 0 Å². The zero-order chi connectivity index (χ0) is 79.9. The topological polar surface area (TPSA) is 0 Å². The van der Waals surface area contributed by atoms with Gasteiger partial charge in [0.2, 0.25) is 0 Å². The molecule has 0 bridgehead atoms. The lowest BCUT2D eigenvalue weighted by Gasteiger charge is -2.15. The van der Waals surface area contributed by atoms with Crippen LogP contribution in [0.4, 0.5) is 0 Å². The number of hydrogen-bond acceptors (Lipinski definition) is 0. The molecule has 0 unspecified atom stereocenters. The molecular formula is C120H82. The smallest absolute Gasteiger partial charge is 0.0171 e. The molecule has 0 atom stereocenters. The molecule has 0 heteroatoms. The minimum Gasteiger partial charge on any atom is -0.0622 e. The predicted octanol–water partition coefficient (Wildman–Crippen LogP) is 33.4. The molecule has 562 valence electrons. The van der Waals surface area contributed by atoms with E-state index < -0.39 is 0 Å². The minimum absolute atomic E-state index is 1.13. The summed E-state index contributed by atoms with van der Waals surface area (Å²) in [5.74, 6) is 0. The highest BCUT2D eigenvalue weighted by atomic mass is 14.2. The lowest BCUT2D eigenvalue weighted by molar-refractivity contribution is 1.53. The molecule has 0 radical (unpaired) electrons. The highest BCUT2D eigenvalue weighted by Crippen LogP contribution is 2.44. The Balaban J connectivity index is 0.664. The van der Waals surface area contributed by atoms with Crippen molar-refractivity contribution < 1.29 is 0 Å². The molecule has 0 aliphatic rings. The van der Waals surface area contributed by atoms with Crippen LogP contribution in [0.25, 0.3) is 211 Å². The van der Waals surface area contributed by atoms with Crippen LogP contribution in [0.3, 0.4) is 0 Å². The van der Waals surface area contributed by atoms with Crippen LogP contribution < -0.4 is 0 Å². The first-order valence-corrected chi connectivity index (χ1v) is 41.4. The van der Waals surface area contributed by atoms with Crippen molar-refractivity contribution in [3.8, 4) is 211 Å². The Hall–Kier alpha value is -15.6. The quantitative estimate of drug-likeness (QED) is 0.0757. The second-order valence-electron chi connectivity index (χ2n) is 31.2. The van der Waals surface area contributed by atoms with Crippen molar-refractivity contribution in [1.82, 2.24) is 0 Å². The van der Waals surface area contributed by atoms with E-state index in [0.29, 0.717) is 0 Å². The number of benzene rings is 20. The lowest BCUT2D eigenvalue weighted by Crippen LogP contribution is -1.90. The van der Waals surface area contributed by atoms with E-state index in [2.05, 4.69) is 497 Å². The van der Waals surface area contributed by atoms with Crippen molar-refractivity contribution in [1.29, 1.82) is 0 Å². The van der Waals surface area contributed by atoms with E-state index in [4.69, 9.17) is 0 Å². The molecule has 0 spiro atoms. The SMILES string of the molecule is c1ccc(-c2ccc(-c3cccc(-c4cc(-c5cccc(-c6ccccc6)c5)cc(-c5cccc(-c6cccc(-c7cc(-c8cccc(-c9ccc(-c%10ccccc%10)cc9)c8)cc(-c8cccc(-c9cccc(-c%10cc(-c%11cccc(-c%12ccccc%12)c%11)cc(-c%11cccc(-c%12ccc(-c%13ccccc%13)cc%12)c%11)c%10)c9)c8)c7)c6)c5)c4)c3)cc2)cc1. The van der Waals surface area contributed by atoms with Crippen molar-refractivity contribution in [3.63, 3.8) is 0 Å². The summed E-state index contributed by atoms with van der Waals surface area (Å²) in [7, 11) is 0. The van der Waals surface area contributed by atoms with E-state index in [1.807, 2.05) is 0 Å². The van der Waals surface area contributed by atoms with Gasteiger partial charge in [-0.3, -0.25) is 0 Å². The third-order valence-corrected chi connectivity index (χ3v) is 23.4. The summed E-state index contributed by atoms with van der Waals surface area (Å²) in [5.41, 5.74) is 44.2. The van der Waals surface area contributed by atoms with Crippen LogP contribution in [-0.2, 0) is 0 Å². The molecule has 0 saturated carbocycles. The van der Waals surface area contributed by atoms with Crippen molar-refractivity contribution in [3.05, 3.63) is 497 Å². The van der Waals surface area contributed by atoms with E-state index in [9.17, 15) is 0 Å². The Labute approximate surface area is 704 Å². The van der Waals surface area contributed by atoms with E-state index in [-0.39, 0.29) is 0 Å². The molecule has 0 aliphatic carbocycles. The van der Waals surface area contributed by atoms with Crippen LogP contribution in [0.15, 0.2) is 497 Å². The zero-order valence-electron chi connectivity index (χ0n) is 66.3. The van der Waals surface area contributed by atoms with Crippen LogP contribution in [0.1, 0.15) is 0 Å². The average molecular weight is 1520 g/mol. The highest BCUT2D eigenvalue weighted by molar-refractivity contribution is 5.91. The molecule has 0 nitrogen and oxygen atoms in total. The third-order valence-electron chi connectivity index (χ3n) is 23.4. The van der Waals surface area contributed by atoms with Crippen LogP contribution in [0, 0.1) is 0 Å². The second-order valence-corrected chi connectivity index (χ2v) is 31.2. The fraction of sp³-hybridized carbons (Fsp3) is 0. The molecule has 20 aromatic carbocycles. The van der Waals surface area contributed by atoms with E-state index in [1.54, 1.807) is 0 Å². The van der Waals surface area contributed by atoms with Gasteiger partial charge in [-0.05, 0) is 321 Å². The van der Waals surface area contributed by atoms with Crippen molar-refractivity contribution in [2.24, 2.45) is 0 Å². The van der Waals surface area contributed by atoms with Crippen LogP contribution in [-0.4, -0.2) is 0 Å². The van der Waals surface area contributed by atoms with Gasteiger partial charge in [-0.25, -0.2) is 0 Å². The molecule has 0 aromatic heterocycles. The van der Waals surface area contributed by atoms with Crippen LogP contribution >= 0.6 is 0 Å². The maximum Gasteiger partial charge on any atom is -0.0171 e. The van der Waals surface area contributed by atoms with Crippen LogP contribution in [0.2, 0.25) is 0 Å². The van der Waals surface area contributed by atoms with Crippen molar-refractivity contribution >= 4 is 0 Å². The fourth-order valence-electron chi connectivity index (χ4n) is 17.0. The van der Waals surface area contributed by atoms with Gasteiger partial charge in [0.25, 0.3) is 0 Å². The fourth-order valence-corrected chi connectivity index (χ4v) is 17.0. The summed E-state index contributed by atoms with van der Waals surface area (Å²) in [6.07, 6.45) is 0.